The van der Waals surface area contributed by atoms with Gasteiger partial charge in [-0.2, -0.15) is 5.10 Å². The standard InChI is InChI=1S/C25H32N4OS/c1-6-25(7-2,21-14-13-17(3)31-21)28-23(30)19-16-26-29-22(19)27-20(15-24(29,4)5)18-11-9-8-10-12-18/h8-14,16,20,27H,6-7,15H2,1-5H3,(H,28,30). The molecule has 0 bridgehead atoms. The Hall–Kier alpha value is -2.60. The molecule has 0 aliphatic carbocycles. The number of nitrogens with zero attached hydrogens (tertiary/aromatic N) is 2. The van der Waals surface area contributed by atoms with Gasteiger partial charge in [0.1, 0.15) is 11.4 Å². The molecule has 1 amide bonds. The molecule has 0 saturated carbocycles. The molecule has 164 valence electrons. The first kappa shape index (κ1) is 21.6. The van der Waals surface area contributed by atoms with Crippen molar-refractivity contribution in [2.24, 2.45) is 0 Å². The van der Waals surface area contributed by atoms with Crippen LogP contribution >= 0.6 is 11.3 Å². The number of hydrogen-bond acceptors (Lipinski definition) is 4. The van der Waals surface area contributed by atoms with Crippen LogP contribution in [0, 0.1) is 6.92 Å². The molecule has 3 aromatic rings. The Kier molecular flexibility index (Phi) is 5.69. The third-order valence-electron chi connectivity index (χ3n) is 6.58. The highest BCUT2D eigenvalue weighted by atomic mass is 32.1. The van der Waals surface area contributed by atoms with E-state index in [9.17, 15) is 4.79 Å². The zero-order valence-corrected chi connectivity index (χ0v) is 19.8. The number of rotatable bonds is 6. The van der Waals surface area contributed by atoms with E-state index in [4.69, 9.17) is 0 Å². The normalized spacial score (nSPS) is 17.6. The van der Waals surface area contributed by atoms with E-state index in [1.165, 1.54) is 15.3 Å². The lowest BCUT2D eigenvalue weighted by molar-refractivity contribution is 0.0892. The first-order valence-electron chi connectivity index (χ1n) is 11.1. The Morgan fingerprint density at radius 1 is 1.23 bits per heavy atom. The van der Waals surface area contributed by atoms with Crippen LogP contribution in [-0.4, -0.2) is 15.7 Å². The summed E-state index contributed by atoms with van der Waals surface area (Å²) < 4.78 is 1.97. The summed E-state index contributed by atoms with van der Waals surface area (Å²) in [6.45, 7) is 10.7. The number of fused-ring (bicyclic) bond motifs is 1. The predicted molar refractivity (Wildman–Crippen MR) is 128 cm³/mol. The Morgan fingerprint density at radius 2 is 1.94 bits per heavy atom. The molecule has 6 heteroatoms. The fourth-order valence-corrected chi connectivity index (χ4v) is 5.77. The monoisotopic (exact) mass is 436 g/mol. The van der Waals surface area contributed by atoms with E-state index >= 15 is 0 Å². The first-order chi connectivity index (χ1) is 14.8. The molecule has 1 aliphatic rings. The van der Waals surface area contributed by atoms with Gasteiger partial charge in [-0.25, -0.2) is 4.68 Å². The van der Waals surface area contributed by atoms with Crippen LogP contribution in [0.3, 0.4) is 0 Å². The molecule has 0 fully saturated rings. The molecule has 0 saturated heterocycles. The van der Waals surface area contributed by atoms with Crippen LogP contribution in [0.5, 0.6) is 0 Å². The van der Waals surface area contributed by atoms with E-state index in [1.807, 2.05) is 10.7 Å². The Balaban J connectivity index is 1.67. The second kappa shape index (κ2) is 8.15. The predicted octanol–water partition coefficient (Wildman–Crippen LogP) is 5.99. The maximum Gasteiger partial charge on any atom is 0.257 e. The number of aromatic nitrogens is 2. The lowest BCUT2D eigenvalue weighted by atomic mass is 9.88. The van der Waals surface area contributed by atoms with Gasteiger partial charge in [-0.3, -0.25) is 4.79 Å². The molecule has 0 radical (unpaired) electrons. The van der Waals surface area contributed by atoms with Crippen molar-refractivity contribution in [3.63, 3.8) is 0 Å². The van der Waals surface area contributed by atoms with E-state index in [0.717, 1.165) is 25.1 Å². The van der Waals surface area contributed by atoms with Crippen molar-refractivity contribution in [3.05, 3.63) is 69.5 Å². The van der Waals surface area contributed by atoms with Crippen molar-refractivity contribution >= 4 is 23.1 Å². The zero-order valence-electron chi connectivity index (χ0n) is 19.0. The molecule has 4 rings (SSSR count). The third-order valence-corrected chi connectivity index (χ3v) is 7.78. The SMILES string of the molecule is CCC(CC)(NC(=O)c1cnn2c1NC(c1ccccc1)CC2(C)C)c1ccc(C)s1. The summed E-state index contributed by atoms with van der Waals surface area (Å²) in [4.78, 5) is 16.0. The fourth-order valence-electron chi connectivity index (χ4n) is 4.61. The highest BCUT2D eigenvalue weighted by Gasteiger charge is 2.38. The van der Waals surface area contributed by atoms with Crippen molar-refractivity contribution < 1.29 is 4.79 Å². The van der Waals surface area contributed by atoms with Gasteiger partial charge in [-0.1, -0.05) is 44.2 Å². The van der Waals surface area contributed by atoms with Gasteiger partial charge in [0.25, 0.3) is 5.91 Å². The zero-order chi connectivity index (χ0) is 22.2. The van der Waals surface area contributed by atoms with Crippen LogP contribution in [-0.2, 0) is 11.1 Å². The van der Waals surface area contributed by atoms with E-state index in [-0.39, 0.29) is 23.0 Å². The molecule has 2 N–H and O–H groups in total. The Labute approximate surface area is 188 Å². The number of thiophene rings is 1. The number of amides is 1. The average molecular weight is 437 g/mol. The van der Waals surface area contributed by atoms with Gasteiger partial charge < -0.3 is 10.6 Å². The third kappa shape index (κ3) is 3.89. The Morgan fingerprint density at radius 3 is 2.55 bits per heavy atom. The summed E-state index contributed by atoms with van der Waals surface area (Å²) >= 11 is 1.76. The molecule has 0 spiro atoms. The molecular formula is C25H32N4OS. The lowest BCUT2D eigenvalue weighted by Crippen LogP contribution is -2.45. The number of carbonyl (C=O) groups is 1. The largest absolute Gasteiger partial charge is 0.363 e. The highest BCUT2D eigenvalue weighted by Crippen LogP contribution is 2.40. The van der Waals surface area contributed by atoms with Gasteiger partial charge in [0.2, 0.25) is 0 Å². The first-order valence-corrected chi connectivity index (χ1v) is 11.9. The van der Waals surface area contributed by atoms with E-state index in [2.05, 4.69) is 86.7 Å². The van der Waals surface area contributed by atoms with Crippen LogP contribution in [0.25, 0.3) is 0 Å². The average Bonchev–Trinajstić information content (AvgIpc) is 3.39. The van der Waals surface area contributed by atoms with Crippen LogP contribution < -0.4 is 10.6 Å². The van der Waals surface area contributed by atoms with Gasteiger partial charge in [0, 0.05) is 9.75 Å². The lowest BCUT2D eigenvalue weighted by Gasteiger charge is -2.38. The molecular weight excluding hydrogens is 404 g/mol. The molecule has 31 heavy (non-hydrogen) atoms. The van der Waals surface area contributed by atoms with Crippen molar-refractivity contribution in [1.29, 1.82) is 0 Å². The molecule has 1 atom stereocenters. The van der Waals surface area contributed by atoms with Gasteiger partial charge in [-0.05, 0) is 57.7 Å². The summed E-state index contributed by atoms with van der Waals surface area (Å²) in [5, 5.41) is 11.6. The van der Waals surface area contributed by atoms with Crippen molar-refractivity contribution in [2.75, 3.05) is 5.32 Å². The minimum absolute atomic E-state index is 0.0759. The minimum Gasteiger partial charge on any atom is -0.363 e. The number of hydrogen-bond donors (Lipinski definition) is 2. The van der Waals surface area contributed by atoms with Gasteiger partial charge >= 0.3 is 0 Å². The van der Waals surface area contributed by atoms with Crippen LogP contribution in [0.1, 0.15) is 78.7 Å². The molecule has 1 aliphatic heterocycles. The molecule has 5 nitrogen and oxygen atoms in total. The smallest absolute Gasteiger partial charge is 0.257 e. The quantitative estimate of drug-likeness (QED) is 0.499. The van der Waals surface area contributed by atoms with E-state index in [0.29, 0.717) is 5.56 Å². The number of aryl methyl sites for hydroxylation is 1. The summed E-state index contributed by atoms with van der Waals surface area (Å²) in [5.74, 6) is 0.721. The summed E-state index contributed by atoms with van der Waals surface area (Å²) in [6.07, 6.45) is 4.28. The van der Waals surface area contributed by atoms with Crippen molar-refractivity contribution in [2.45, 2.75) is 71.0 Å². The number of nitrogens with one attached hydrogen (secondary N) is 2. The highest BCUT2D eigenvalue weighted by molar-refractivity contribution is 7.12. The maximum absolute atomic E-state index is 13.5. The van der Waals surface area contributed by atoms with Crippen LogP contribution in [0.2, 0.25) is 0 Å². The van der Waals surface area contributed by atoms with Crippen LogP contribution in [0.15, 0.2) is 48.7 Å². The molecule has 1 unspecified atom stereocenters. The van der Waals surface area contributed by atoms with E-state index < -0.39 is 0 Å². The molecule has 3 heterocycles. The molecule has 1 aromatic carbocycles. The second-order valence-corrected chi connectivity index (χ2v) is 10.4. The second-order valence-electron chi connectivity index (χ2n) is 9.10. The number of carbonyl (C=O) groups excluding carboxylic acids is 1. The van der Waals surface area contributed by atoms with Gasteiger partial charge in [0.05, 0.1) is 23.3 Å². The van der Waals surface area contributed by atoms with Crippen molar-refractivity contribution in [1.82, 2.24) is 15.1 Å². The minimum atomic E-state index is -0.367. The fraction of sp³-hybridized carbons (Fsp3) is 0.440. The number of benzene rings is 1. The molecule has 2 aromatic heterocycles. The topological polar surface area (TPSA) is 59.0 Å². The maximum atomic E-state index is 13.5. The summed E-state index contributed by atoms with van der Waals surface area (Å²) in [7, 11) is 0. The van der Waals surface area contributed by atoms with Gasteiger partial charge in [-0.15, -0.1) is 11.3 Å². The Bertz CT molecular complexity index is 1060. The van der Waals surface area contributed by atoms with Gasteiger partial charge in [0.15, 0.2) is 0 Å². The number of anilines is 1. The van der Waals surface area contributed by atoms with Crippen molar-refractivity contribution in [3.8, 4) is 0 Å². The summed E-state index contributed by atoms with van der Waals surface area (Å²) in [5.41, 5.74) is 1.26. The van der Waals surface area contributed by atoms with E-state index in [1.54, 1.807) is 17.5 Å². The van der Waals surface area contributed by atoms with Crippen LogP contribution in [0.4, 0.5) is 5.82 Å². The summed E-state index contributed by atoms with van der Waals surface area (Å²) in [6, 6.07) is 14.8.